The predicted octanol–water partition coefficient (Wildman–Crippen LogP) is 3.55. The van der Waals surface area contributed by atoms with Crippen LogP contribution in [-0.4, -0.2) is 0 Å². The van der Waals surface area contributed by atoms with Crippen LogP contribution in [0.2, 0.25) is 0 Å². The van der Waals surface area contributed by atoms with Crippen LogP contribution in [0.1, 0.15) is 43.7 Å². The Kier molecular flexibility index (Phi) is 3.14. The molecule has 0 saturated carbocycles. The molecule has 0 aliphatic heterocycles. The van der Waals surface area contributed by atoms with Crippen LogP contribution < -0.4 is 0 Å². The van der Waals surface area contributed by atoms with E-state index >= 15 is 0 Å². The van der Waals surface area contributed by atoms with Crippen molar-refractivity contribution in [3.8, 4) is 12.3 Å². The Labute approximate surface area is 81.0 Å². The minimum absolute atomic E-state index is 0.221. The maximum atomic E-state index is 5.38. The molecule has 0 aromatic heterocycles. The zero-order valence-electron chi connectivity index (χ0n) is 8.54. The second-order valence-electron chi connectivity index (χ2n) is 3.71. The summed E-state index contributed by atoms with van der Waals surface area (Å²) in [5, 5.41) is 0. The molecule has 13 heavy (non-hydrogen) atoms. The molecule has 1 rings (SSSR count). The fourth-order valence-corrected chi connectivity index (χ4v) is 1.28. The fourth-order valence-electron chi connectivity index (χ4n) is 1.28. The van der Waals surface area contributed by atoms with Crippen molar-refractivity contribution < 1.29 is 0 Å². The van der Waals surface area contributed by atoms with Gasteiger partial charge in [0, 0.05) is 5.92 Å². The quantitative estimate of drug-likeness (QED) is 0.598. The van der Waals surface area contributed by atoms with E-state index in [1.807, 2.05) is 0 Å². The Morgan fingerprint density at radius 1 is 1.15 bits per heavy atom. The Hall–Kier alpha value is -1.22. The van der Waals surface area contributed by atoms with Gasteiger partial charge in [0.2, 0.25) is 0 Å². The molecule has 0 amide bonds. The molecule has 0 nitrogen and oxygen atoms in total. The van der Waals surface area contributed by atoms with Crippen LogP contribution in [0.15, 0.2) is 24.3 Å². The summed E-state index contributed by atoms with van der Waals surface area (Å²) >= 11 is 0. The third-order valence-electron chi connectivity index (χ3n) is 2.33. The first-order chi connectivity index (χ1) is 6.15. The highest BCUT2D eigenvalue weighted by molar-refractivity contribution is 5.31. The van der Waals surface area contributed by atoms with E-state index in [2.05, 4.69) is 51.0 Å². The van der Waals surface area contributed by atoms with Gasteiger partial charge in [0.05, 0.1) is 0 Å². The van der Waals surface area contributed by atoms with Crippen LogP contribution in [0.3, 0.4) is 0 Å². The number of hydrogen-bond acceptors (Lipinski definition) is 0. The monoisotopic (exact) mass is 172 g/mol. The molecule has 0 aliphatic rings. The van der Waals surface area contributed by atoms with Crippen LogP contribution in [0.5, 0.6) is 0 Å². The van der Waals surface area contributed by atoms with E-state index in [1.165, 1.54) is 11.1 Å². The maximum absolute atomic E-state index is 5.38. The van der Waals surface area contributed by atoms with E-state index in [1.54, 1.807) is 0 Å². The molecule has 1 atom stereocenters. The van der Waals surface area contributed by atoms with Gasteiger partial charge in [0.15, 0.2) is 0 Å². The van der Waals surface area contributed by atoms with Crippen LogP contribution >= 0.6 is 0 Å². The molecule has 0 radical (unpaired) electrons. The molecule has 0 N–H and O–H groups in total. The van der Waals surface area contributed by atoms with E-state index < -0.39 is 0 Å². The summed E-state index contributed by atoms with van der Waals surface area (Å²) in [7, 11) is 0. The highest BCUT2D eigenvalue weighted by atomic mass is 14.1. The molecule has 0 unspecified atom stereocenters. The largest absolute Gasteiger partial charge is 0.119 e. The van der Waals surface area contributed by atoms with Gasteiger partial charge in [0.1, 0.15) is 0 Å². The smallest absolute Gasteiger partial charge is 0.0421 e. The highest BCUT2D eigenvalue weighted by Crippen LogP contribution is 2.20. The van der Waals surface area contributed by atoms with E-state index in [4.69, 9.17) is 6.42 Å². The van der Waals surface area contributed by atoms with Gasteiger partial charge >= 0.3 is 0 Å². The van der Waals surface area contributed by atoms with E-state index in [9.17, 15) is 0 Å². The summed E-state index contributed by atoms with van der Waals surface area (Å²) in [6.07, 6.45) is 5.38. The Morgan fingerprint density at radius 2 is 1.77 bits per heavy atom. The lowest BCUT2D eigenvalue weighted by Gasteiger charge is -2.09. The van der Waals surface area contributed by atoms with E-state index in [-0.39, 0.29) is 5.92 Å². The Bertz CT molecular complexity index is 315. The summed E-state index contributed by atoms with van der Waals surface area (Å²) in [6.45, 7) is 6.44. The molecule has 0 saturated heterocycles. The second kappa shape index (κ2) is 4.14. The van der Waals surface area contributed by atoms with Crippen molar-refractivity contribution in [3.05, 3.63) is 35.4 Å². The summed E-state index contributed by atoms with van der Waals surface area (Å²) < 4.78 is 0. The minimum Gasteiger partial charge on any atom is -0.119 e. The summed E-state index contributed by atoms with van der Waals surface area (Å²) in [5.74, 6) is 3.54. The molecule has 0 bridgehead atoms. The normalized spacial score (nSPS) is 12.5. The lowest BCUT2D eigenvalue weighted by Crippen LogP contribution is -1.93. The molecule has 0 heterocycles. The Balaban J connectivity index is 3.00. The van der Waals surface area contributed by atoms with Gasteiger partial charge in [-0.3, -0.25) is 0 Å². The van der Waals surface area contributed by atoms with Crippen LogP contribution in [0, 0.1) is 12.3 Å². The standard InChI is InChI=1S/C13H16/c1-5-11(4)13-8-6-7-12(9-13)10(2)3/h1,6-11H,2-4H3/t11-/m0/s1. The van der Waals surface area contributed by atoms with Gasteiger partial charge in [-0.2, -0.15) is 0 Å². The maximum Gasteiger partial charge on any atom is 0.0421 e. The molecule has 1 aromatic carbocycles. The van der Waals surface area contributed by atoms with E-state index in [0.29, 0.717) is 5.92 Å². The summed E-state index contributed by atoms with van der Waals surface area (Å²) in [4.78, 5) is 0. The number of benzene rings is 1. The first-order valence-electron chi connectivity index (χ1n) is 4.71. The third kappa shape index (κ3) is 2.36. The number of rotatable bonds is 2. The molecule has 0 heteroatoms. The van der Waals surface area contributed by atoms with Crippen molar-refractivity contribution in [3.63, 3.8) is 0 Å². The van der Waals surface area contributed by atoms with Gasteiger partial charge in [-0.25, -0.2) is 0 Å². The lowest BCUT2D eigenvalue weighted by molar-refractivity contribution is 0.858. The van der Waals surface area contributed by atoms with Gasteiger partial charge < -0.3 is 0 Å². The summed E-state index contributed by atoms with van der Waals surface area (Å²) in [5.41, 5.74) is 2.60. The lowest BCUT2D eigenvalue weighted by atomic mass is 9.95. The van der Waals surface area contributed by atoms with Crippen molar-refractivity contribution in [2.45, 2.75) is 32.6 Å². The third-order valence-corrected chi connectivity index (χ3v) is 2.33. The molecule has 0 aliphatic carbocycles. The molecule has 68 valence electrons. The van der Waals surface area contributed by atoms with Gasteiger partial charge in [-0.15, -0.1) is 6.42 Å². The molecule has 1 aromatic rings. The van der Waals surface area contributed by atoms with Crippen molar-refractivity contribution in [1.82, 2.24) is 0 Å². The van der Waals surface area contributed by atoms with Crippen molar-refractivity contribution in [2.24, 2.45) is 0 Å². The predicted molar refractivity (Wildman–Crippen MR) is 57.8 cm³/mol. The van der Waals surface area contributed by atoms with Gasteiger partial charge in [0.25, 0.3) is 0 Å². The SMILES string of the molecule is C#C[C@H](C)c1cccc(C(C)C)c1. The topological polar surface area (TPSA) is 0 Å². The Morgan fingerprint density at radius 3 is 2.31 bits per heavy atom. The molecular formula is C13H16. The van der Waals surface area contributed by atoms with Crippen molar-refractivity contribution in [1.29, 1.82) is 0 Å². The van der Waals surface area contributed by atoms with Crippen molar-refractivity contribution >= 4 is 0 Å². The first kappa shape index (κ1) is 9.86. The molecule has 0 fully saturated rings. The summed E-state index contributed by atoms with van der Waals surface area (Å²) in [6, 6.07) is 8.53. The highest BCUT2D eigenvalue weighted by Gasteiger charge is 2.03. The van der Waals surface area contributed by atoms with Crippen molar-refractivity contribution in [2.75, 3.05) is 0 Å². The van der Waals surface area contributed by atoms with Gasteiger partial charge in [-0.05, 0) is 24.0 Å². The van der Waals surface area contributed by atoms with Crippen LogP contribution in [0.25, 0.3) is 0 Å². The second-order valence-corrected chi connectivity index (χ2v) is 3.71. The molecule has 0 spiro atoms. The molecular weight excluding hydrogens is 156 g/mol. The zero-order valence-corrected chi connectivity index (χ0v) is 8.54. The first-order valence-corrected chi connectivity index (χ1v) is 4.71. The van der Waals surface area contributed by atoms with Gasteiger partial charge in [-0.1, -0.05) is 44.0 Å². The average Bonchev–Trinajstić information content (AvgIpc) is 2.17. The number of hydrogen-bond donors (Lipinski definition) is 0. The number of terminal acetylenes is 1. The zero-order chi connectivity index (χ0) is 9.84. The van der Waals surface area contributed by atoms with Crippen LogP contribution in [-0.2, 0) is 0 Å². The average molecular weight is 172 g/mol. The van der Waals surface area contributed by atoms with E-state index in [0.717, 1.165) is 0 Å². The minimum atomic E-state index is 0.221. The fraction of sp³-hybridized carbons (Fsp3) is 0.385. The van der Waals surface area contributed by atoms with Crippen LogP contribution in [0.4, 0.5) is 0 Å².